The lowest BCUT2D eigenvalue weighted by Gasteiger charge is -2.39. The summed E-state index contributed by atoms with van der Waals surface area (Å²) in [4.78, 5) is 2.47. The van der Waals surface area contributed by atoms with Gasteiger partial charge in [0.05, 0.1) is 5.69 Å². The van der Waals surface area contributed by atoms with E-state index < -0.39 is 0 Å². The van der Waals surface area contributed by atoms with Crippen molar-refractivity contribution in [2.24, 2.45) is 0 Å². The molecule has 1 nitrogen and oxygen atoms in total. The predicted molar refractivity (Wildman–Crippen MR) is 289 cm³/mol. The van der Waals surface area contributed by atoms with Gasteiger partial charge in [0.25, 0.3) is 0 Å². The Morgan fingerprint density at radius 2 is 0.632 bits per heavy atom. The minimum absolute atomic E-state index is 0.238. The van der Waals surface area contributed by atoms with E-state index in [1.807, 2.05) is 0 Å². The molecule has 68 heavy (non-hydrogen) atoms. The monoisotopic (exact) mass is 867 g/mol. The molecule has 0 fully saturated rings. The molecule has 1 aliphatic carbocycles. The molecule has 0 atom stereocenters. The first-order chi connectivity index (χ1) is 33.5. The Bertz CT molecular complexity index is 3560. The number of rotatable bonds is 9. The Morgan fingerprint density at radius 1 is 0.279 bits per heavy atom. The highest BCUT2D eigenvalue weighted by atomic mass is 15.1. The minimum atomic E-state index is -0.238. The molecule has 0 N–H and O–H groups in total. The Hall–Kier alpha value is -8.52. The van der Waals surface area contributed by atoms with Gasteiger partial charge in [-0.05, 0) is 125 Å². The molecule has 11 aromatic rings. The van der Waals surface area contributed by atoms with Gasteiger partial charge < -0.3 is 4.90 Å². The first-order valence-corrected chi connectivity index (χ1v) is 23.7. The molecule has 1 heteroatoms. The predicted octanol–water partition coefficient (Wildman–Crippen LogP) is 18.6. The second-order valence-electron chi connectivity index (χ2n) is 18.5. The molecule has 0 amide bonds. The molecule has 0 radical (unpaired) electrons. The molecule has 0 heterocycles. The zero-order valence-corrected chi connectivity index (χ0v) is 38.3. The van der Waals surface area contributed by atoms with Gasteiger partial charge in [0.15, 0.2) is 0 Å². The van der Waals surface area contributed by atoms with Crippen LogP contribution in [0.2, 0.25) is 0 Å². The Labute approximate surface area is 399 Å². The van der Waals surface area contributed by atoms with Gasteiger partial charge in [-0.3, -0.25) is 0 Å². The van der Waals surface area contributed by atoms with Crippen LogP contribution in [0.5, 0.6) is 0 Å². The van der Waals surface area contributed by atoms with E-state index >= 15 is 0 Å². The highest BCUT2D eigenvalue weighted by molar-refractivity contribution is 6.11. The summed E-state index contributed by atoms with van der Waals surface area (Å²) in [6.45, 7) is 4.80. The van der Waals surface area contributed by atoms with E-state index in [2.05, 4.69) is 280 Å². The van der Waals surface area contributed by atoms with Crippen LogP contribution >= 0.6 is 0 Å². The number of anilines is 3. The summed E-state index contributed by atoms with van der Waals surface area (Å²) in [6.07, 6.45) is 0. The normalized spacial score (nSPS) is 12.4. The fraction of sp³-hybridized carbons (Fsp3) is 0.0448. The first kappa shape index (κ1) is 40.9. The van der Waals surface area contributed by atoms with Crippen LogP contribution in [0.4, 0.5) is 17.1 Å². The van der Waals surface area contributed by atoms with Crippen molar-refractivity contribution in [2.75, 3.05) is 4.90 Å². The lowest BCUT2D eigenvalue weighted by molar-refractivity contribution is 0.647. The van der Waals surface area contributed by atoms with E-state index in [4.69, 9.17) is 0 Å². The van der Waals surface area contributed by atoms with E-state index in [-0.39, 0.29) is 5.41 Å². The molecule has 1 aliphatic rings. The molecular formula is C67H49N. The van der Waals surface area contributed by atoms with Crippen molar-refractivity contribution in [1.29, 1.82) is 0 Å². The van der Waals surface area contributed by atoms with E-state index in [1.54, 1.807) is 0 Å². The van der Waals surface area contributed by atoms with Gasteiger partial charge in [-0.2, -0.15) is 0 Å². The average Bonchev–Trinajstić information content (AvgIpc) is 3.41. The van der Waals surface area contributed by atoms with Gasteiger partial charge in [0.2, 0.25) is 0 Å². The number of fused-ring (bicyclic) bond motifs is 2. The van der Waals surface area contributed by atoms with Crippen molar-refractivity contribution in [3.05, 3.63) is 272 Å². The molecular weight excluding hydrogens is 819 g/mol. The zero-order chi connectivity index (χ0) is 45.6. The van der Waals surface area contributed by atoms with Crippen LogP contribution in [-0.2, 0) is 5.41 Å². The van der Waals surface area contributed by atoms with Crippen molar-refractivity contribution < 1.29 is 0 Å². The van der Waals surface area contributed by atoms with Crippen LogP contribution in [0.15, 0.2) is 261 Å². The van der Waals surface area contributed by atoms with E-state index in [9.17, 15) is 0 Å². The molecule has 0 spiro atoms. The van der Waals surface area contributed by atoms with Crippen LogP contribution in [-0.4, -0.2) is 0 Å². The molecule has 0 saturated heterocycles. The number of benzene rings is 11. The Morgan fingerprint density at radius 3 is 1.06 bits per heavy atom. The smallest absolute Gasteiger partial charge is 0.0546 e. The van der Waals surface area contributed by atoms with Crippen LogP contribution in [0.1, 0.15) is 25.0 Å². The van der Waals surface area contributed by atoms with Crippen molar-refractivity contribution >= 4 is 27.8 Å². The Balaban J connectivity index is 0.960. The Kier molecular flexibility index (Phi) is 10.3. The van der Waals surface area contributed by atoms with Crippen LogP contribution in [0, 0.1) is 0 Å². The zero-order valence-electron chi connectivity index (χ0n) is 38.3. The third kappa shape index (κ3) is 7.30. The fourth-order valence-corrected chi connectivity index (χ4v) is 10.6. The third-order valence-corrected chi connectivity index (χ3v) is 14.1. The van der Waals surface area contributed by atoms with Crippen molar-refractivity contribution in [2.45, 2.75) is 19.3 Å². The molecule has 0 aliphatic heterocycles. The van der Waals surface area contributed by atoms with Gasteiger partial charge in [-0.25, -0.2) is 0 Å². The standard InChI is InChI=1S/C67H49N/c1-67(2)62-23-12-20-57-40-45-63(65(64(57)62)61-22-13-21-60(66(61)67)56-18-10-5-11-19-56)68(58-41-36-54(37-42-58)52-30-26-49(27-31-52)47-16-8-4-9-17-47)59-43-38-55(39-44-59)53-34-32-51(33-35-53)50-28-24-48(25-29-50)46-14-6-3-7-15-46/h3-45H,1-2H3. The van der Waals surface area contributed by atoms with Crippen molar-refractivity contribution in [3.63, 3.8) is 0 Å². The molecule has 0 aromatic heterocycles. The van der Waals surface area contributed by atoms with Gasteiger partial charge in [0.1, 0.15) is 0 Å². The number of hydrogen-bond acceptors (Lipinski definition) is 1. The summed E-state index contributed by atoms with van der Waals surface area (Å²) in [6, 6.07) is 95.5. The number of hydrogen-bond donors (Lipinski definition) is 0. The number of nitrogens with zero attached hydrogens (tertiary/aromatic N) is 1. The molecule has 0 saturated carbocycles. The minimum Gasteiger partial charge on any atom is -0.310 e. The lowest BCUT2D eigenvalue weighted by atomic mass is 9.66. The summed E-state index contributed by atoms with van der Waals surface area (Å²) < 4.78 is 0. The van der Waals surface area contributed by atoms with Gasteiger partial charge >= 0.3 is 0 Å². The molecule has 11 aromatic carbocycles. The maximum absolute atomic E-state index is 2.47. The second-order valence-corrected chi connectivity index (χ2v) is 18.5. The topological polar surface area (TPSA) is 3.24 Å². The highest BCUT2D eigenvalue weighted by Crippen LogP contribution is 2.56. The molecule has 0 bridgehead atoms. The van der Waals surface area contributed by atoms with Crippen molar-refractivity contribution in [3.8, 4) is 77.9 Å². The van der Waals surface area contributed by atoms with E-state index in [1.165, 1.54) is 99.8 Å². The lowest BCUT2D eigenvalue weighted by Crippen LogP contribution is -2.25. The first-order valence-electron chi connectivity index (χ1n) is 23.7. The maximum Gasteiger partial charge on any atom is 0.0546 e. The molecule has 322 valence electrons. The van der Waals surface area contributed by atoms with Crippen LogP contribution in [0.25, 0.3) is 88.7 Å². The quantitative estimate of drug-likeness (QED) is 0.140. The summed E-state index contributed by atoms with van der Waals surface area (Å²) >= 11 is 0. The SMILES string of the molecule is CC1(C)c2c(-c3ccccc3)cccc2-c2c(N(c3ccc(-c4ccc(-c5ccccc5)cc4)cc3)c3ccc(-c4ccc(-c5ccc(-c6ccccc6)cc5)cc4)cc3)ccc3cccc1c23. The van der Waals surface area contributed by atoms with E-state index in [0.29, 0.717) is 0 Å². The van der Waals surface area contributed by atoms with Crippen LogP contribution in [0.3, 0.4) is 0 Å². The summed E-state index contributed by atoms with van der Waals surface area (Å²) in [7, 11) is 0. The fourth-order valence-electron chi connectivity index (χ4n) is 10.6. The summed E-state index contributed by atoms with van der Waals surface area (Å²) in [5.74, 6) is 0. The van der Waals surface area contributed by atoms with E-state index in [0.717, 1.165) is 17.1 Å². The van der Waals surface area contributed by atoms with Crippen LogP contribution < -0.4 is 4.90 Å². The molecule has 12 rings (SSSR count). The van der Waals surface area contributed by atoms with Gasteiger partial charge in [0, 0.05) is 22.4 Å². The second kappa shape index (κ2) is 17.0. The van der Waals surface area contributed by atoms with Gasteiger partial charge in [-0.15, -0.1) is 0 Å². The van der Waals surface area contributed by atoms with Gasteiger partial charge in [-0.1, -0.05) is 244 Å². The highest BCUT2D eigenvalue weighted by Gasteiger charge is 2.37. The molecule has 0 unspecified atom stereocenters. The summed E-state index contributed by atoms with van der Waals surface area (Å²) in [5, 5.41) is 2.57. The largest absolute Gasteiger partial charge is 0.310 e. The maximum atomic E-state index is 2.47. The summed E-state index contributed by atoms with van der Waals surface area (Å²) in [5.41, 5.74) is 22.9. The third-order valence-electron chi connectivity index (χ3n) is 14.1. The average molecular weight is 868 g/mol. The van der Waals surface area contributed by atoms with Crippen molar-refractivity contribution in [1.82, 2.24) is 0 Å².